The minimum Gasteiger partial charge on any atom is -0.360 e. The van der Waals surface area contributed by atoms with Crippen molar-refractivity contribution in [3.8, 4) is 0 Å². The summed E-state index contributed by atoms with van der Waals surface area (Å²) in [5, 5.41) is 4.67. The molecule has 0 aliphatic carbocycles. The zero-order valence-electron chi connectivity index (χ0n) is 11.1. The van der Waals surface area contributed by atoms with Crippen molar-refractivity contribution in [3.63, 3.8) is 0 Å². The van der Waals surface area contributed by atoms with E-state index in [-0.39, 0.29) is 21.8 Å². The van der Waals surface area contributed by atoms with Crippen LogP contribution in [-0.2, 0) is 12.1 Å². The Hall–Kier alpha value is -1.89. The lowest BCUT2D eigenvalue weighted by Gasteiger charge is -2.22. The molecule has 2 aromatic rings. The van der Waals surface area contributed by atoms with Crippen molar-refractivity contribution >= 4 is 17.2 Å². The number of hydrogen-bond donors (Lipinski definition) is 2. The molecule has 0 bridgehead atoms. The maximum absolute atomic E-state index is 12.2. The molecule has 2 rings (SSSR count). The van der Waals surface area contributed by atoms with Crippen LogP contribution < -0.4 is 15.7 Å². The zero-order valence-corrected chi connectivity index (χ0v) is 11.9. The molecule has 2 aromatic heterocycles. The van der Waals surface area contributed by atoms with Crippen LogP contribution in [0.25, 0.3) is 0 Å². The number of thiazole rings is 1. The van der Waals surface area contributed by atoms with Crippen LogP contribution in [0.5, 0.6) is 0 Å². The fourth-order valence-electron chi connectivity index (χ4n) is 1.64. The van der Waals surface area contributed by atoms with Crippen LogP contribution in [0.3, 0.4) is 0 Å². The quantitative estimate of drug-likeness (QED) is 0.889. The van der Waals surface area contributed by atoms with Gasteiger partial charge in [0, 0.05) is 29.0 Å². The van der Waals surface area contributed by atoms with Crippen LogP contribution in [0, 0.1) is 0 Å². The highest BCUT2D eigenvalue weighted by molar-refractivity contribution is 7.07. The second-order valence-corrected chi connectivity index (χ2v) is 5.99. The number of aromatic nitrogens is 3. The number of anilines is 1. The molecular formula is C12H16N4O2S. The first-order valence-electron chi connectivity index (χ1n) is 5.86. The Balaban J connectivity index is 2.22. The van der Waals surface area contributed by atoms with Crippen molar-refractivity contribution in [1.29, 1.82) is 0 Å². The highest BCUT2D eigenvalue weighted by Gasteiger charge is 2.16. The van der Waals surface area contributed by atoms with Gasteiger partial charge in [0.25, 0.3) is 5.56 Å². The van der Waals surface area contributed by atoms with E-state index >= 15 is 0 Å². The molecule has 102 valence electrons. The second kappa shape index (κ2) is 5.00. The van der Waals surface area contributed by atoms with Gasteiger partial charge in [-0.3, -0.25) is 9.59 Å². The van der Waals surface area contributed by atoms with E-state index in [0.29, 0.717) is 6.54 Å². The van der Waals surface area contributed by atoms with Gasteiger partial charge in [-0.05, 0) is 20.8 Å². The molecule has 0 saturated heterocycles. The number of hydrogen-bond acceptors (Lipinski definition) is 5. The molecule has 2 N–H and O–H groups in total. The van der Waals surface area contributed by atoms with E-state index in [1.807, 2.05) is 20.8 Å². The van der Waals surface area contributed by atoms with E-state index in [1.165, 1.54) is 0 Å². The summed E-state index contributed by atoms with van der Waals surface area (Å²) in [6, 6.07) is 0. The molecule has 0 aliphatic rings. The summed E-state index contributed by atoms with van der Waals surface area (Å²) in [5.74, 6) is 0.282. The van der Waals surface area contributed by atoms with Crippen LogP contribution in [0.2, 0.25) is 0 Å². The third-order valence-corrected chi connectivity index (χ3v) is 3.30. The Morgan fingerprint density at radius 2 is 2.16 bits per heavy atom. The molecule has 0 unspecified atom stereocenters. The van der Waals surface area contributed by atoms with Gasteiger partial charge in [0.15, 0.2) is 5.82 Å². The standard InChI is InChI=1S/C12H16N4O2S/c1-12(2,3)16-5-4-13-9(10(16)17)14-6-8-7-19-11(18)15-8/h4-5,7H,6H2,1-3H3,(H,13,14)(H,15,18). The zero-order chi connectivity index (χ0) is 14.0. The highest BCUT2D eigenvalue weighted by Crippen LogP contribution is 2.11. The molecule has 0 aliphatic heterocycles. The van der Waals surface area contributed by atoms with E-state index in [1.54, 1.807) is 22.3 Å². The molecule has 0 fully saturated rings. The Morgan fingerprint density at radius 1 is 1.42 bits per heavy atom. The Kier molecular flexibility index (Phi) is 3.57. The molecule has 6 nitrogen and oxygen atoms in total. The van der Waals surface area contributed by atoms with Crippen molar-refractivity contribution in [2.24, 2.45) is 0 Å². The minimum atomic E-state index is -0.298. The number of aromatic amines is 1. The van der Waals surface area contributed by atoms with E-state index < -0.39 is 0 Å². The van der Waals surface area contributed by atoms with Gasteiger partial charge >= 0.3 is 4.87 Å². The highest BCUT2D eigenvalue weighted by atomic mass is 32.1. The Morgan fingerprint density at radius 3 is 2.74 bits per heavy atom. The first-order valence-corrected chi connectivity index (χ1v) is 6.74. The molecule has 0 amide bonds. The van der Waals surface area contributed by atoms with Gasteiger partial charge in [0.1, 0.15) is 0 Å². The third kappa shape index (κ3) is 3.11. The molecule has 7 heteroatoms. The first kappa shape index (κ1) is 13.5. The van der Waals surface area contributed by atoms with Gasteiger partial charge < -0.3 is 14.9 Å². The molecule has 0 spiro atoms. The minimum absolute atomic E-state index is 0.107. The molecule has 0 saturated carbocycles. The predicted molar refractivity (Wildman–Crippen MR) is 75.8 cm³/mol. The van der Waals surface area contributed by atoms with E-state index in [2.05, 4.69) is 15.3 Å². The topological polar surface area (TPSA) is 79.8 Å². The summed E-state index contributed by atoms with van der Waals surface area (Å²) in [7, 11) is 0. The van der Waals surface area contributed by atoms with Crippen LogP contribution in [-0.4, -0.2) is 14.5 Å². The largest absolute Gasteiger partial charge is 0.360 e. The van der Waals surface area contributed by atoms with Gasteiger partial charge in [-0.2, -0.15) is 0 Å². The van der Waals surface area contributed by atoms with Gasteiger partial charge in [-0.15, -0.1) is 0 Å². The fourth-order valence-corrected chi connectivity index (χ4v) is 2.22. The summed E-state index contributed by atoms with van der Waals surface area (Å²) in [6.45, 7) is 6.23. The van der Waals surface area contributed by atoms with Crippen molar-refractivity contribution in [2.45, 2.75) is 32.9 Å². The van der Waals surface area contributed by atoms with Gasteiger partial charge in [-0.1, -0.05) is 11.3 Å². The van der Waals surface area contributed by atoms with Crippen molar-refractivity contribution in [2.75, 3.05) is 5.32 Å². The first-order chi connectivity index (χ1) is 8.88. The monoisotopic (exact) mass is 280 g/mol. The number of H-pyrrole nitrogens is 1. The van der Waals surface area contributed by atoms with Crippen molar-refractivity contribution in [3.05, 3.63) is 43.5 Å². The lowest BCUT2D eigenvalue weighted by atomic mass is 10.1. The summed E-state index contributed by atoms with van der Waals surface area (Å²) >= 11 is 1.10. The van der Waals surface area contributed by atoms with E-state index in [0.717, 1.165) is 17.0 Å². The van der Waals surface area contributed by atoms with Crippen LogP contribution in [0.15, 0.2) is 27.4 Å². The smallest absolute Gasteiger partial charge is 0.304 e. The lowest BCUT2D eigenvalue weighted by Crippen LogP contribution is -2.35. The maximum atomic E-state index is 12.2. The van der Waals surface area contributed by atoms with Gasteiger partial charge in [-0.25, -0.2) is 4.98 Å². The molecular weight excluding hydrogens is 264 g/mol. The fraction of sp³-hybridized carbons (Fsp3) is 0.417. The Labute approximate surface area is 114 Å². The van der Waals surface area contributed by atoms with Gasteiger partial charge in [0.2, 0.25) is 0 Å². The second-order valence-electron chi connectivity index (χ2n) is 5.15. The number of rotatable bonds is 3. The molecule has 0 atom stereocenters. The molecule has 0 radical (unpaired) electrons. The summed E-state index contributed by atoms with van der Waals surface area (Å²) in [4.78, 5) is 29.8. The summed E-state index contributed by atoms with van der Waals surface area (Å²) in [5.41, 5.74) is 0.266. The van der Waals surface area contributed by atoms with Crippen LogP contribution >= 0.6 is 11.3 Å². The van der Waals surface area contributed by atoms with E-state index in [4.69, 9.17) is 0 Å². The van der Waals surface area contributed by atoms with Crippen LogP contribution in [0.4, 0.5) is 5.82 Å². The molecule has 2 heterocycles. The predicted octanol–water partition coefficient (Wildman–Crippen LogP) is 1.36. The maximum Gasteiger partial charge on any atom is 0.304 e. The lowest BCUT2D eigenvalue weighted by molar-refractivity contribution is 0.383. The molecule has 19 heavy (non-hydrogen) atoms. The van der Waals surface area contributed by atoms with E-state index in [9.17, 15) is 9.59 Å². The normalized spacial score (nSPS) is 11.5. The summed E-state index contributed by atoms with van der Waals surface area (Å²) in [6.07, 6.45) is 3.26. The number of nitrogens with zero attached hydrogens (tertiary/aromatic N) is 2. The van der Waals surface area contributed by atoms with Crippen LogP contribution in [0.1, 0.15) is 26.5 Å². The number of nitrogens with one attached hydrogen (secondary N) is 2. The summed E-state index contributed by atoms with van der Waals surface area (Å²) < 4.78 is 1.62. The average molecular weight is 280 g/mol. The Bertz CT molecular complexity index is 678. The SMILES string of the molecule is CC(C)(C)n1ccnc(NCc2csc(=O)[nH]2)c1=O. The van der Waals surface area contributed by atoms with Crippen molar-refractivity contribution < 1.29 is 0 Å². The molecule has 0 aromatic carbocycles. The van der Waals surface area contributed by atoms with Gasteiger partial charge in [0.05, 0.1) is 6.54 Å². The van der Waals surface area contributed by atoms with Crippen molar-refractivity contribution in [1.82, 2.24) is 14.5 Å². The third-order valence-electron chi connectivity index (χ3n) is 2.58. The average Bonchev–Trinajstić information content (AvgIpc) is 2.72.